The molecule has 9 rings (SSSR count). The van der Waals surface area contributed by atoms with Crippen molar-refractivity contribution in [2.45, 2.75) is 18.4 Å². The Labute approximate surface area is 269 Å². The van der Waals surface area contributed by atoms with E-state index in [9.17, 15) is 9.59 Å². The van der Waals surface area contributed by atoms with E-state index in [1.54, 1.807) is 7.11 Å². The Balaban J connectivity index is 1.15. The Bertz CT molecular complexity index is 2270. The van der Waals surface area contributed by atoms with Gasteiger partial charge in [0.2, 0.25) is 6.79 Å². The fraction of sp³-hybridized carbons (Fsp3) is 0.211. The number of para-hydroxylation sites is 2. The van der Waals surface area contributed by atoms with Gasteiger partial charge < -0.3 is 23.7 Å². The van der Waals surface area contributed by atoms with Crippen molar-refractivity contribution >= 4 is 44.8 Å². The minimum absolute atomic E-state index is 0.0800. The minimum atomic E-state index is -0.730. The summed E-state index contributed by atoms with van der Waals surface area (Å²) >= 11 is 0. The zero-order chi connectivity index (χ0) is 31.6. The largest absolute Gasteiger partial charge is 0.494 e. The van der Waals surface area contributed by atoms with Crippen LogP contribution >= 0.6 is 0 Å². The Morgan fingerprint density at radius 1 is 0.809 bits per heavy atom. The predicted molar refractivity (Wildman–Crippen MR) is 172 cm³/mol. The van der Waals surface area contributed by atoms with Gasteiger partial charge in [-0.25, -0.2) is 9.97 Å². The average Bonchev–Trinajstić information content (AvgIpc) is 3.72. The van der Waals surface area contributed by atoms with Crippen molar-refractivity contribution in [2.24, 2.45) is 11.8 Å². The summed E-state index contributed by atoms with van der Waals surface area (Å²) in [6, 6.07) is 29.3. The maximum atomic E-state index is 13.6. The molecule has 9 nitrogen and oxygen atoms in total. The Morgan fingerprint density at radius 2 is 1.55 bits per heavy atom. The third-order valence-corrected chi connectivity index (χ3v) is 9.55. The van der Waals surface area contributed by atoms with Crippen LogP contribution < -0.4 is 14.2 Å². The van der Waals surface area contributed by atoms with Crippen molar-refractivity contribution in [3.63, 3.8) is 0 Å². The van der Waals surface area contributed by atoms with Gasteiger partial charge in [-0.15, -0.1) is 0 Å². The van der Waals surface area contributed by atoms with Gasteiger partial charge in [-0.3, -0.25) is 9.59 Å². The molecular formula is C38H28N2O7. The van der Waals surface area contributed by atoms with Crippen LogP contribution in [0.15, 0.2) is 91.0 Å². The first-order valence-corrected chi connectivity index (χ1v) is 15.6. The molecule has 1 aliphatic carbocycles. The Morgan fingerprint density at radius 3 is 2.36 bits per heavy atom. The molecule has 232 valence electrons. The summed E-state index contributed by atoms with van der Waals surface area (Å²) < 4.78 is 29.4. The van der Waals surface area contributed by atoms with E-state index >= 15 is 0 Å². The second kappa shape index (κ2) is 10.7. The van der Waals surface area contributed by atoms with Gasteiger partial charge in [0, 0.05) is 17.4 Å². The number of rotatable bonds is 5. The zero-order valence-electron chi connectivity index (χ0n) is 25.3. The standard InChI is InChI=1S/C38H28N2O7/c1-43-32-15-23(14-29-36(32)40-28-9-5-4-8-27(28)39-29)34-24-16-30-31(46-19-45-30)17-25(24)37(26-18-44-38(42)35(26)34)47-33(41)13-20-10-11-21-6-2-3-7-22(21)12-20/h2-12,14-17,26,34-35,37H,13,18-19H2,1H3/t26-,34+,35-,37+/m0/s1. The van der Waals surface area contributed by atoms with Gasteiger partial charge in [-0.1, -0.05) is 54.6 Å². The molecule has 0 bridgehead atoms. The predicted octanol–water partition coefficient (Wildman–Crippen LogP) is 6.44. The zero-order valence-corrected chi connectivity index (χ0v) is 25.3. The number of hydrogen-bond donors (Lipinski definition) is 0. The number of carbonyl (C=O) groups is 2. The Kier molecular flexibility index (Phi) is 6.28. The molecule has 0 spiro atoms. The van der Waals surface area contributed by atoms with Gasteiger partial charge >= 0.3 is 11.9 Å². The molecule has 5 aromatic carbocycles. The number of carbonyl (C=O) groups excluding carboxylic acids is 2. The van der Waals surface area contributed by atoms with E-state index in [0.29, 0.717) is 28.3 Å². The number of cyclic esters (lactones) is 1. The van der Waals surface area contributed by atoms with E-state index in [1.807, 2.05) is 91.0 Å². The van der Waals surface area contributed by atoms with Gasteiger partial charge in [-0.05, 0) is 63.9 Å². The van der Waals surface area contributed by atoms with E-state index in [2.05, 4.69) is 0 Å². The molecule has 0 N–H and O–H groups in total. The lowest BCUT2D eigenvalue weighted by Crippen LogP contribution is -2.36. The van der Waals surface area contributed by atoms with E-state index < -0.39 is 23.9 Å². The summed E-state index contributed by atoms with van der Waals surface area (Å²) in [5.74, 6) is -0.565. The summed E-state index contributed by atoms with van der Waals surface area (Å²) in [6.07, 6.45) is -0.642. The molecule has 0 amide bonds. The van der Waals surface area contributed by atoms with Crippen LogP contribution in [-0.4, -0.2) is 42.4 Å². The summed E-state index contributed by atoms with van der Waals surface area (Å²) in [4.78, 5) is 36.9. The fourth-order valence-corrected chi connectivity index (χ4v) is 7.41. The van der Waals surface area contributed by atoms with Crippen molar-refractivity contribution in [1.82, 2.24) is 9.97 Å². The van der Waals surface area contributed by atoms with Crippen LogP contribution in [0.5, 0.6) is 17.2 Å². The third-order valence-electron chi connectivity index (χ3n) is 9.55. The SMILES string of the molecule is COc1cc([C@@H]2c3cc4c(cc3[C@@H](OC(=O)Cc3ccc5ccccc5c3)[C@H]3COC(=O)[C@H]23)OCO4)cc2nc3ccccc3nc12. The summed E-state index contributed by atoms with van der Waals surface area (Å²) in [5.41, 5.74) is 6.00. The molecule has 3 aliphatic rings. The van der Waals surface area contributed by atoms with Crippen LogP contribution in [0.4, 0.5) is 0 Å². The van der Waals surface area contributed by atoms with Crippen LogP contribution in [0.3, 0.4) is 0 Å². The number of methoxy groups -OCH3 is 1. The lowest BCUT2D eigenvalue weighted by Gasteiger charge is -2.38. The maximum absolute atomic E-state index is 13.6. The molecule has 3 heterocycles. The number of benzene rings is 5. The number of fused-ring (bicyclic) bond motifs is 6. The van der Waals surface area contributed by atoms with Gasteiger partial charge in [0.05, 0.1) is 42.6 Å². The normalized spacial score (nSPS) is 21.0. The minimum Gasteiger partial charge on any atom is -0.494 e. The second-order valence-corrected chi connectivity index (χ2v) is 12.2. The highest BCUT2D eigenvalue weighted by Gasteiger charge is 2.54. The molecule has 6 aromatic rings. The van der Waals surface area contributed by atoms with Crippen molar-refractivity contribution in [2.75, 3.05) is 20.5 Å². The van der Waals surface area contributed by atoms with Crippen molar-refractivity contribution in [1.29, 1.82) is 0 Å². The van der Waals surface area contributed by atoms with Crippen LogP contribution in [-0.2, 0) is 25.5 Å². The Hall–Kier alpha value is -5.70. The molecule has 9 heteroatoms. The fourth-order valence-electron chi connectivity index (χ4n) is 7.41. The van der Waals surface area contributed by atoms with Gasteiger partial charge in [0.15, 0.2) is 11.5 Å². The van der Waals surface area contributed by atoms with E-state index in [1.165, 1.54) is 0 Å². The summed E-state index contributed by atoms with van der Waals surface area (Å²) in [7, 11) is 1.60. The van der Waals surface area contributed by atoms with Crippen LogP contribution in [0.1, 0.15) is 34.3 Å². The molecular weight excluding hydrogens is 596 g/mol. The average molecular weight is 625 g/mol. The van der Waals surface area contributed by atoms with Gasteiger partial charge in [0.1, 0.15) is 17.4 Å². The summed E-state index contributed by atoms with van der Waals surface area (Å²) in [5, 5.41) is 2.15. The van der Waals surface area contributed by atoms with Crippen molar-refractivity contribution in [3.05, 3.63) is 113 Å². The number of hydrogen-bond acceptors (Lipinski definition) is 9. The number of nitrogens with zero attached hydrogens (tertiary/aromatic N) is 2. The topological polar surface area (TPSA) is 106 Å². The molecule has 1 saturated heterocycles. The second-order valence-electron chi connectivity index (χ2n) is 12.2. The van der Waals surface area contributed by atoms with Gasteiger partial charge in [0.25, 0.3) is 0 Å². The van der Waals surface area contributed by atoms with Crippen molar-refractivity contribution in [3.8, 4) is 17.2 Å². The molecule has 47 heavy (non-hydrogen) atoms. The van der Waals surface area contributed by atoms with Crippen LogP contribution in [0, 0.1) is 11.8 Å². The smallest absolute Gasteiger partial charge is 0.310 e. The first-order valence-electron chi connectivity index (χ1n) is 15.6. The van der Waals surface area contributed by atoms with Crippen LogP contribution in [0.25, 0.3) is 32.8 Å². The maximum Gasteiger partial charge on any atom is 0.310 e. The molecule has 0 unspecified atom stereocenters. The molecule has 1 fully saturated rings. The lowest BCUT2D eigenvalue weighted by molar-refractivity contribution is -0.153. The molecule has 4 atom stereocenters. The van der Waals surface area contributed by atoms with Gasteiger partial charge in [-0.2, -0.15) is 0 Å². The molecule has 0 saturated carbocycles. The van der Waals surface area contributed by atoms with E-state index in [0.717, 1.165) is 44.1 Å². The highest BCUT2D eigenvalue weighted by molar-refractivity contribution is 5.91. The van der Waals surface area contributed by atoms with E-state index in [4.69, 9.17) is 33.7 Å². The molecule has 0 radical (unpaired) electrons. The van der Waals surface area contributed by atoms with E-state index in [-0.39, 0.29) is 31.8 Å². The molecule has 1 aromatic heterocycles. The number of aromatic nitrogens is 2. The first-order chi connectivity index (χ1) is 23.0. The van der Waals surface area contributed by atoms with Crippen molar-refractivity contribution < 1.29 is 33.3 Å². The first kappa shape index (κ1) is 27.6. The number of ether oxygens (including phenoxy) is 5. The summed E-state index contributed by atoms with van der Waals surface area (Å²) in [6.45, 7) is 0.202. The molecule has 2 aliphatic heterocycles. The monoisotopic (exact) mass is 624 g/mol. The lowest BCUT2D eigenvalue weighted by atomic mass is 9.66. The van der Waals surface area contributed by atoms with Crippen LogP contribution in [0.2, 0.25) is 0 Å². The number of esters is 2. The highest BCUT2D eigenvalue weighted by atomic mass is 16.7. The third kappa shape index (κ3) is 4.52. The highest BCUT2D eigenvalue weighted by Crippen LogP contribution is 2.55. The quantitative estimate of drug-likeness (QED) is 0.158.